The lowest BCUT2D eigenvalue weighted by Gasteiger charge is -2.23. The third-order valence-corrected chi connectivity index (χ3v) is 3.57. The van der Waals surface area contributed by atoms with Crippen molar-refractivity contribution in [1.82, 2.24) is 5.32 Å². The summed E-state index contributed by atoms with van der Waals surface area (Å²) in [4.78, 5) is 12.0. The van der Waals surface area contributed by atoms with Gasteiger partial charge in [0.1, 0.15) is 5.82 Å². The highest BCUT2D eigenvalue weighted by Gasteiger charge is 2.24. The van der Waals surface area contributed by atoms with Crippen molar-refractivity contribution in [3.63, 3.8) is 0 Å². The lowest BCUT2D eigenvalue weighted by molar-refractivity contribution is -0.142. The predicted octanol–water partition coefficient (Wildman–Crippen LogP) is 0.825. The number of carbonyl (C=O) groups is 1. The third-order valence-electron chi connectivity index (χ3n) is 3.57. The summed E-state index contributed by atoms with van der Waals surface area (Å²) < 4.78 is 24.8. The number of ether oxygens (including phenoxy) is 2. The number of carbonyl (C=O) groups excluding carboxylic acids is 1. The van der Waals surface area contributed by atoms with Crippen LogP contribution in [0, 0.1) is 5.82 Å². The lowest BCUT2D eigenvalue weighted by atomic mass is 9.99. The van der Waals surface area contributed by atoms with Gasteiger partial charge in [0.25, 0.3) is 5.91 Å². The van der Waals surface area contributed by atoms with E-state index in [9.17, 15) is 9.18 Å². The average Bonchev–Trinajstić information content (AvgIpc) is 2.51. The van der Waals surface area contributed by atoms with Crippen LogP contribution in [0.3, 0.4) is 0 Å². The summed E-state index contributed by atoms with van der Waals surface area (Å²) in [6.07, 6.45) is -0.0330. The minimum absolute atomic E-state index is 0.211. The molecule has 108 valence electrons. The van der Waals surface area contributed by atoms with E-state index in [1.165, 1.54) is 0 Å². The van der Waals surface area contributed by atoms with E-state index in [1.807, 2.05) is 6.07 Å². The van der Waals surface area contributed by atoms with Crippen LogP contribution < -0.4 is 10.6 Å². The van der Waals surface area contributed by atoms with Crippen molar-refractivity contribution in [3.8, 4) is 0 Å². The van der Waals surface area contributed by atoms with Crippen LogP contribution in [0.25, 0.3) is 0 Å². The second-order valence-corrected chi connectivity index (χ2v) is 4.92. The van der Waals surface area contributed by atoms with Gasteiger partial charge in [-0.05, 0) is 30.2 Å². The molecule has 0 aromatic heterocycles. The third kappa shape index (κ3) is 2.67. The number of hydrogen-bond donors (Lipinski definition) is 2. The van der Waals surface area contributed by atoms with Crippen LogP contribution in [0.4, 0.5) is 10.1 Å². The summed E-state index contributed by atoms with van der Waals surface area (Å²) in [6, 6.07) is 3.45. The number of benzene rings is 1. The van der Waals surface area contributed by atoms with E-state index in [1.54, 1.807) is 6.07 Å². The van der Waals surface area contributed by atoms with E-state index < -0.39 is 6.10 Å². The number of anilines is 1. The maximum absolute atomic E-state index is 14.4. The van der Waals surface area contributed by atoms with E-state index in [0.29, 0.717) is 31.7 Å². The monoisotopic (exact) mass is 280 g/mol. The summed E-state index contributed by atoms with van der Waals surface area (Å²) in [5.74, 6) is -0.702. The molecule has 0 spiro atoms. The minimum atomic E-state index is -0.666. The Labute approximate surface area is 116 Å². The van der Waals surface area contributed by atoms with Crippen LogP contribution in [0.5, 0.6) is 0 Å². The highest BCUT2D eigenvalue weighted by Crippen LogP contribution is 2.24. The maximum Gasteiger partial charge on any atom is 0.255 e. The van der Waals surface area contributed by atoms with Crippen LogP contribution in [0.1, 0.15) is 11.1 Å². The quantitative estimate of drug-likeness (QED) is 0.842. The van der Waals surface area contributed by atoms with Crippen molar-refractivity contribution in [1.29, 1.82) is 0 Å². The van der Waals surface area contributed by atoms with E-state index in [0.717, 1.165) is 12.1 Å². The van der Waals surface area contributed by atoms with E-state index in [4.69, 9.17) is 9.47 Å². The van der Waals surface area contributed by atoms with Crippen LogP contribution in [0.15, 0.2) is 12.1 Å². The first-order chi connectivity index (χ1) is 9.75. The van der Waals surface area contributed by atoms with Crippen molar-refractivity contribution >= 4 is 11.6 Å². The maximum atomic E-state index is 14.4. The van der Waals surface area contributed by atoms with Gasteiger partial charge >= 0.3 is 0 Å². The smallest absolute Gasteiger partial charge is 0.255 e. The Balaban J connectivity index is 1.75. The molecule has 2 N–H and O–H groups in total. The van der Waals surface area contributed by atoms with Crippen LogP contribution in [-0.4, -0.2) is 38.4 Å². The molecule has 20 heavy (non-hydrogen) atoms. The van der Waals surface area contributed by atoms with Crippen LogP contribution >= 0.6 is 0 Å². The molecule has 5 nitrogen and oxygen atoms in total. The summed E-state index contributed by atoms with van der Waals surface area (Å²) >= 11 is 0. The largest absolute Gasteiger partial charge is 0.376 e. The molecule has 2 aliphatic rings. The zero-order valence-electron chi connectivity index (χ0n) is 11.1. The molecule has 6 heteroatoms. The molecule has 1 unspecified atom stereocenters. The van der Waals surface area contributed by atoms with Gasteiger partial charge in [0, 0.05) is 6.54 Å². The Kier molecular flexibility index (Phi) is 3.95. The first-order valence-electron chi connectivity index (χ1n) is 6.77. The molecule has 1 amide bonds. The molecule has 1 atom stereocenters. The van der Waals surface area contributed by atoms with E-state index in [-0.39, 0.29) is 24.0 Å². The highest BCUT2D eigenvalue weighted by molar-refractivity contribution is 5.94. The molecular formula is C14H17FN2O3. The molecular weight excluding hydrogens is 263 g/mol. The predicted molar refractivity (Wildman–Crippen MR) is 71.0 cm³/mol. The number of nitrogens with one attached hydrogen (secondary N) is 2. The molecule has 0 saturated carbocycles. The topological polar surface area (TPSA) is 59.6 Å². The lowest BCUT2D eigenvalue weighted by Crippen LogP contribution is -2.39. The Morgan fingerprint density at radius 3 is 3.10 bits per heavy atom. The van der Waals surface area contributed by atoms with Gasteiger partial charge in [-0.3, -0.25) is 4.79 Å². The Bertz CT molecular complexity index is 515. The standard InChI is InChI=1S/C14H17FN2O3/c15-13-10-3-4-16-7-9(10)1-2-11(13)17-14(18)12-8-19-5-6-20-12/h1-2,12,16H,3-8H2,(H,17,18). The summed E-state index contributed by atoms with van der Waals surface area (Å²) in [5.41, 5.74) is 1.84. The Hall–Kier alpha value is -1.50. The minimum Gasteiger partial charge on any atom is -0.376 e. The van der Waals surface area contributed by atoms with Gasteiger partial charge in [-0.1, -0.05) is 6.07 Å². The Morgan fingerprint density at radius 2 is 2.30 bits per heavy atom. The van der Waals surface area contributed by atoms with Gasteiger partial charge in [-0.25, -0.2) is 4.39 Å². The van der Waals surface area contributed by atoms with Crippen molar-refractivity contribution in [3.05, 3.63) is 29.1 Å². The summed E-state index contributed by atoms with van der Waals surface area (Å²) in [6.45, 7) is 2.50. The first kappa shape index (κ1) is 13.5. The summed E-state index contributed by atoms with van der Waals surface area (Å²) in [5, 5.41) is 5.78. The fraction of sp³-hybridized carbons (Fsp3) is 0.500. The van der Waals surface area contributed by atoms with Gasteiger partial charge in [-0.15, -0.1) is 0 Å². The van der Waals surface area contributed by atoms with Gasteiger partial charge in [-0.2, -0.15) is 0 Å². The zero-order chi connectivity index (χ0) is 13.9. The molecule has 2 aliphatic heterocycles. The molecule has 1 fully saturated rings. The molecule has 1 aromatic carbocycles. The normalized spacial score (nSPS) is 22.1. The van der Waals surface area contributed by atoms with Gasteiger partial charge < -0.3 is 20.1 Å². The van der Waals surface area contributed by atoms with Crippen LogP contribution in [0.2, 0.25) is 0 Å². The Morgan fingerprint density at radius 1 is 1.40 bits per heavy atom. The fourth-order valence-corrected chi connectivity index (χ4v) is 2.48. The number of fused-ring (bicyclic) bond motifs is 1. The molecule has 0 aliphatic carbocycles. The molecule has 0 bridgehead atoms. The van der Waals surface area contributed by atoms with Gasteiger partial charge in [0.05, 0.1) is 25.5 Å². The van der Waals surface area contributed by atoms with Crippen LogP contribution in [-0.2, 0) is 27.2 Å². The molecule has 3 rings (SSSR count). The van der Waals surface area contributed by atoms with Gasteiger partial charge in [0.15, 0.2) is 6.10 Å². The number of rotatable bonds is 2. The molecule has 2 heterocycles. The SMILES string of the molecule is O=C(Nc1ccc2c(c1F)CCNC2)C1COCCO1. The molecule has 0 radical (unpaired) electrons. The second-order valence-electron chi connectivity index (χ2n) is 4.92. The molecule has 1 aromatic rings. The van der Waals surface area contributed by atoms with Crippen molar-refractivity contribution in [2.45, 2.75) is 19.1 Å². The van der Waals surface area contributed by atoms with E-state index in [2.05, 4.69) is 10.6 Å². The zero-order valence-corrected chi connectivity index (χ0v) is 11.1. The number of hydrogen-bond acceptors (Lipinski definition) is 4. The number of amides is 1. The first-order valence-corrected chi connectivity index (χ1v) is 6.77. The number of halogens is 1. The van der Waals surface area contributed by atoms with Gasteiger partial charge in [0.2, 0.25) is 0 Å². The highest BCUT2D eigenvalue weighted by atomic mass is 19.1. The average molecular weight is 280 g/mol. The second kappa shape index (κ2) is 5.87. The fourth-order valence-electron chi connectivity index (χ4n) is 2.48. The van der Waals surface area contributed by atoms with E-state index >= 15 is 0 Å². The van der Waals surface area contributed by atoms with Crippen molar-refractivity contribution in [2.75, 3.05) is 31.7 Å². The molecule has 1 saturated heterocycles. The van der Waals surface area contributed by atoms with Crippen molar-refractivity contribution in [2.24, 2.45) is 0 Å². The van der Waals surface area contributed by atoms with Crippen molar-refractivity contribution < 1.29 is 18.7 Å². The summed E-state index contributed by atoms with van der Waals surface area (Å²) in [7, 11) is 0.